The zero-order chi connectivity index (χ0) is 19.1. The van der Waals surface area contributed by atoms with Crippen molar-refractivity contribution in [3.8, 4) is 0 Å². The molecule has 1 aliphatic rings. The van der Waals surface area contributed by atoms with Crippen LogP contribution in [-0.4, -0.2) is 44.7 Å². The third-order valence-electron chi connectivity index (χ3n) is 4.13. The maximum absolute atomic E-state index is 12.9. The van der Waals surface area contributed by atoms with E-state index in [1.807, 2.05) is 18.2 Å². The van der Waals surface area contributed by atoms with E-state index in [0.29, 0.717) is 11.6 Å². The Labute approximate surface area is 152 Å². The summed E-state index contributed by atoms with van der Waals surface area (Å²) in [5.74, 6) is -0.414. The predicted octanol–water partition coefficient (Wildman–Crippen LogP) is 3.21. The van der Waals surface area contributed by atoms with Crippen LogP contribution in [-0.2, 0) is 25.1 Å². The summed E-state index contributed by atoms with van der Waals surface area (Å²) in [6, 6.07) is 9.72. The lowest BCUT2D eigenvalue weighted by molar-refractivity contribution is -0.159. The van der Waals surface area contributed by atoms with Crippen molar-refractivity contribution in [2.24, 2.45) is 0 Å². The Morgan fingerprint density at radius 2 is 1.76 bits per heavy atom. The Morgan fingerprint density at radius 1 is 1.20 bits per heavy atom. The molecule has 1 aromatic rings. The summed E-state index contributed by atoms with van der Waals surface area (Å²) < 4.78 is 32.5. The first-order valence-corrected chi connectivity index (χ1v) is 13.9. The molecule has 140 valence electrons. The van der Waals surface area contributed by atoms with E-state index in [1.54, 1.807) is 32.9 Å². The van der Waals surface area contributed by atoms with Gasteiger partial charge in [-0.05, 0) is 32.4 Å². The fraction of sp³-hybridized carbons (Fsp3) is 0.611. The Bertz CT molecular complexity index is 735. The average Bonchev–Trinajstić information content (AvgIpc) is 3.22. The van der Waals surface area contributed by atoms with Gasteiger partial charge in [0, 0.05) is 14.6 Å². The zero-order valence-electron chi connectivity index (χ0n) is 16.0. The van der Waals surface area contributed by atoms with Crippen molar-refractivity contribution < 1.29 is 17.9 Å². The van der Waals surface area contributed by atoms with Crippen LogP contribution in [0.25, 0.3) is 0 Å². The number of hydrogen-bond donors (Lipinski definition) is 0. The number of nitrogens with zero attached hydrogens (tertiary/aromatic N) is 1. The maximum atomic E-state index is 12.9. The quantitative estimate of drug-likeness (QED) is 0.430. The molecule has 7 heteroatoms. The second kappa shape index (κ2) is 6.52. The van der Waals surface area contributed by atoms with Gasteiger partial charge in [-0.1, -0.05) is 50.0 Å². The largest absolute Gasteiger partial charge is 0.458 e. The van der Waals surface area contributed by atoms with Crippen LogP contribution < -0.4 is 0 Å². The fourth-order valence-electron chi connectivity index (χ4n) is 2.65. The van der Waals surface area contributed by atoms with Crippen LogP contribution in [0, 0.1) is 0 Å². The Kier molecular flexibility index (Phi) is 5.25. The minimum atomic E-state index is -3.51. The molecule has 1 fully saturated rings. The molecule has 0 saturated carbocycles. The van der Waals surface area contributed by atoms with Crippen LogP contribution >= 0.6 is 0 Å². The molecule has 25 heavy (non-hydrogen) atoms. The highest BCUT2D eigenvalue weighted by molar-refractivity contribution is 7.89. The van der Waals surface area contributed by atoms with E-state index in [4.69, 9.17) is 4.74 Å². The van der Waals surface area contributed by atoms with E-state index in [-0.39, 0.29) is 12.3 Å². The van der Waals surface area contributed by atoms with Crippen LogP contribution in [0.4, 0.5) is 0 Å². The second-order valence-electron chi connectivity index (χ2n) is 8.86. The molecule has 2 atom stereocenters. The molecule has 0 N–H and O–H groups in total. The number of ether oxygens (including phenoxy) is 1. The lowest BCUT2D eigenvalue weighted by Crippen LogP contribution is -2.37. The molecule has 0 spiro atoms. The molecule has 1 heterocycles. The molecule has 0 radical (unpaired) electrons. The summed E-state index contributed by atoms with van der Waals surface area (Å²) in [6.45, 7) is 11.9. The van der Waals surface area contributed by atoms with Crippen molar-refractivity contribution in [3.05, 3.63) is 35.9 Å². The number of carbonyl (C=O) groups excluding carboxylic acids is 1. The first kappa shape index (κ1) is 20.1. The Balaban J connectivity index is 2.33. The van der Waals surface area contributed by atoms with Crippen molar-refractivity contribution in [2.75, 3.05) is 12.3 Å². The lowest BCUT2D eigenvalue weighted by atomic mass is 9.99. The smallest absolute Gasteiger partial charge is 0.334 e. The SMILES string of the molecule is CC(C)(C)OC(=O)C1(c2ccccc2)CN1S(=O)(=O)CC[Si](C)(C)C. The van der Waals surface area contributed by atoms with Crippen molar-refractivity contribution in [3.63, 3.8) is 0 Å². The molecular formula is C18H29NO4SSi. The highest BCUT2D eigenvalue weighted by Crippen LogP contribution is 2.47. The number of sulfonamides is 1. The fourth-order valence-corrected chi connectivity index (χ4v) is 7.39. The van der Waals surface area contributed by atoms with E-state index in [1.165, 1.54) is 4.31 Å². The number of benzene rings is 1. The van der Waals surface area contributed by atoms with Gasteiger partial charge in [-0.2, -0.15) is 4.31 Å². The van der Waals surface area contributed by atoms with Gasteiger partial charge in [0.1, 0.15) is 5.60 Å². The van der Waals surface area contributed by atoms with Gasteiger partial charge in [0.05, 0.1) is 5.75 Å². The molecule has 0 aliphatic carbocycles. The number of esters is 1. The molecule has 1 saturated heterocycles. The van der Waals surface area contributed by atoms with E-state index in [9.17, 15) is 13.2 Å². The van der Waals surface area contributed by atoms with Crippen molar-refractivity contribution >= 4 is 24.1 Å². The number of rotatable bonds is 6. The molecule has 0 aromatic heterocycles. The number of hydrogen-bond acceptors (Lipinski definition) is 4. The maximum Gasteiger partial charge on any atom is 0.334 e. The van der Waals surface area contributed by atoms with Crippen LogP contribution in [0.1, 0.15) is 26.3 Å². The van der Waals surface area contributed by atoms with Gasteiger partial charge in [-0.3, -0.25) is 0 Å². The zero-order valence-corrected chi connectivity index (χ0v) is 17.8. The summed E-state index contributed by atoms with van der Waals surface area (Å²) in [6.07, 6.45) is 0. The minimum Gasteiger partial charge on any atom is -0.458 e. The molecule has 1 aromatic carbocycles. The van der Waals surface area contributed by atoms with E-state index in [0.717, 1.165) is 0 Å². The Hall–Kier alpha value is -1.18. The van der Waals surface area contributed by atoms with Crippen molar-refractivity contribution in [2.45, 2.75) is 57.6 Å². The average molecular weight is 384 g/mol. The normalized spacial score (nSPS) is 24.0. The van der Waals surface area contributed by atoms with Gasteiger partial charge in [0.25, 0.3) is 0 Å². The first-order valence-electron chi connectivity index (χ1n) is 8.57. The van der Waals surface area contributed by atoms with Gasteiger partial charge < -0.3 is 4.74 Å². The monoisotopic (exact) mass is 383 g/mol. The van der Waals surface area contributed by atoms with Crippen LogP contribution in [0.3, 0.4) is 0 Å². The van der Waals surface area contributed by atoms with Crippen LogP contribution in [0.5, 0.6) is 0 Å². The molecular weight excluding hydrogens is 354 g/mol. The standard InChI is InChI=1S/C18H29NO4SSi/c1-17(2,3)23-16(20)18(15-10-8-7-9-11-15)14-19(18)24(21,22)12-13-25(4,5)6/h7-11H,12-14H2,1-6H3. The van der Waals surface area contributed by atoms with Gasteiger partial charge in [-0.25, -0.2) is 13.2 Å². The Morgan fingerprint density at radius 3 is 2.24 bits per heavy atom. The van der Waals surface area contributed by atoms with Crippen molar-refractivity contribution in [1.29, 1.82) is 0 Å². The summed E-state index contributed by atoms with van der Waals surface area (Å²) >= 11 is 0. The lowest BCUT2D eigenvalue weighted by Gasteiger charge is -2.25. The third kappa shape index (κ3) is 4.71. The summed E-state index contributed by atoms with van der Waals surface area (Å²) in [5, 5.41) is 0. The van der Waals surface area contributed by atoms with E-state index in [2.05, 4.69) is 19.6 Å². The molecule has 1 aliphatic heterocycles. The summed E-state index contributed by atoms with van der Waals surface area (Å²) in [7, 11) is -5.01. The molecule has 2 unspecified atom stereocenters. The summed E-state index contributed by atoms with van der Waals surface area (Å²) in [5.41, 5.74) is -1.22. The second-order valence-corrected chi connectivity index (χ2v) is 16.5. The van der Waals surface area contributed by atoms with Crippen LogP contribution in [0.2, 0.25) is 25.7 Å². The predicted molar refractivity (Wildman–Crippen MR) is 103 cm³/mol. The highest BCUT2D eigenvalue weighted by atomic mass is 32.2. The molecule has 0 bridgehead atoms. The van der Waals surface area contributed by atoms with Gasteiger partial charge in [-0.15, -0.1) is 0 Å². The topological polar surface area (TPSA) is 63.5 Å². The first-order chi connectivity index (χ1) is 11.3. The van der Waals surface area contributed by atoms with Crippen molar-refractivity contribution in [1.82, 2.24) is 4.31 Å². The molecule has 5 nitrogen and oxygen atoms in total. The van der Waals surface area contributed by atoms with Gasteiger partial charge in [0.15, 0.2) is 5.54 Å². The van der Waals surface area contributed by atoms with E-state index >= 15 is 0 Å². The third-order valence-corrected chi connectivity index (χ3v) is 8.07. The van der Waals surface area contributed by atoms with E-state index < -0.39 is 35.2 Å². The minimum absolute atomic E-state index is 0.0834. The van der Waals surface area contributed by atoms with Crippen LogP contribution in [0.15, 0.2) is 30.3 Å². The molecule has 0 amide bonds. The van der Waals surface area contributed by atoms with Gasteiger partial charge in [0.2, 0.25) is 10.0 Å². The molecule has 2 rings (SSSR count). The van der Waals surface area contributed by atoms with Gasteiger partial charge >= 0.3 is 5.97 Å². The highest BCUT2D eigenvalue weighted by Gasteiger charge is 2.66. The summed E-state index contributed by atoms with van der Waals surface area (Å²) in [4.78, 5) is 12.9. The number of carbonyl (C=O) groups is 1.